The summed E-state index contributed by atoms with van der Waals surface area (Å²) in [5, 5.41) is 13.1. The molecule has 0 aliphatic carbocycles. The summed E-state index contributed by atoms with van der Waals surface area (Å²) in [7, 11) is 1.86. The van der Waals surface area contributed by atoms with Crippen molar-refractivity contribution in [2.45, 2.75) is 31.4 Å². The highest BCUT2D eigenvalue weighted by Crippen LogP contribution is 2.24. The Bertz CT molecular complexity index is 422. The SMILES string of the molecule is CNC(CCN1CCC(C)(O)C1)c1ccccc1F. The molecule has 4 heteroatoms. The van der Waals surface area contributed by atoms with Crippen LogP contribution in [0.4, 0.5) is 4.39 Å². The smallest absolute Gasteiger partial charge is 0.127 e. The standard InChI is InChI=1S/C15H23FN2O/c1-15(19)8-10-18(11-15)9-7-14(17-2)12-5-3-4-6-13(12)16/h3-6,14,17,19H,7-11H2,1-2H3. The summed E-state index contributed by atoms with van der Waals surface area (Å²) < 4.78 is 13.8. The fourth-order valence-corrected chi connectivity index (χ4v) is 2.75. The Labute approximate surface area is 114 Å². The van der Waals surface area contributed by atoms with Crippen LogP contribution in [0.15, 0.2) is 24.3 Å². The molecular weight excluding hydrogens is 243 g/mol. The number of β-amino-alcohol motifs (C(OH)–C–C–N with tert-alkyl or cyclic N) is 1. The summed E-state index contributed by atoms with van der Waals surface area (Å²) in [6.07, 6.45) is 1.66. The number of benzene rings is 1. The molecule has 2 unspecified atom stereocenters. The van der Waals surface area contributed by atoms with Gasteiger partial charge in [-0.15, -0.1) is 0 Å². The molecule has 0 spiro atoms. The van der Waals surface area contributed by atoms with E-state index in [1.165, 1.54) is 6.07 Å². The molecule has 1 aromatic rings. The minimum atomic E-state index is -0.562. The second-order valence-corrected chi connectivity index (χ2v) is 5.67. The van der Waals surface area contributed by atoms with Gasteiger partial charge in [0.1, 0.15) is 5.82 Å². The van der Waals surface area contributed by atoms with Gasteiger partial charge in [-0.3, -0.25) is 0 Å². The zero-order chi connectivity index (χ0) is 13.9. The highest BCUT2D eigenvalue weighted by Gasteiger charge is 2.31. The maximum absolute atomic E-state index is 13.8. The van der Waals surface area contributed by atoms with Gasteiger partial charge < -0.3 is 15.3 Å². The Morgan fingerprint density at radius 2 is 2.21 bits per heavy atom. The van der Waals surface area contributed by atoms with E-state index in [4.69, 9.17) is 0 Å². The molecule has 1 fully saturated rings. The summed E-state index contributed by atoms with van der Waals surface area (Å²) in [5.41, 5.74) is 0.156. The van der Waals surface area contributed by atoms with Gasteiger partial charge in [-0.05, 0) is 32.9 Å². The normalized spacial score (nSPS) is 25.7. The van der Waals surface area contributed by atoms with Crippen molar-refractivity contribution in [3.05, 3.63) is 35.6 Å². The maximum atomic E-state index is 13.8. The molecule has 0 saturated carbocycles. The predicted octanol–water partition coefficient (Wildman–Crippen LogP) is 1.93. The first-order valence-corrected chi connectivity index (χ1v) is 6.88. The highest BCUT2D eigenvalue weighted by atomic mass is 19.1. The predicted molar refractivity (Wildman–Crippen MR) is 74.5 cm³/mol. The molecule has 2 rings (SSSR count). The van der Waals surface area contributed by atoms with Gasteiger partial charge in [-0.2, -0.15) is 0 Å². The van der Waals surface area contributed by atoms with Crippen molar-refractivity contribution in [1.29, 1.82) is 0 Å². The largest absolute Gasteiger partial charge is 0.389 e. The van der Waals surface area contributed by atoms with Crippen LogP contribution in [0.1, 0.15) is 31.4 Å². The van der Waals surface area contributed by atoms with Crippen LogP contribution < -0.4 is 5.32 Å². The van der Waals surface area contributed by atoms with E-state index in [9.17, 15) is 9.50 Å². The van der Waals surface area contributed by atoms with Crippen LogP contribution in [-0.2, 0) is 0 Å². The number of aliphatic hydroxyl groups is 1. The van der Waals surface area contributed by atoms with Crippen molar-refractivity contribution < 1.29 is 9.50 Å². The zero-order valence-electron chi connectivity index (χ0n) is 11.7. The van der Waals surface area contributed by atoms with Crippen LogP contribution >= 0.6 is 0 Å². The molecular formula is C15H23FN2O. The van der Waals surface area contributed by atoms with Crippen molar-refractivity contribution in [1.82, 2.24) is 10.2 Å². The van der Waals surface area contributed by atoms with E-state index in [1.807, 2.05) is 26.1 Å². The fourth-order valence-electron chi connectivity index (χ4n) is 2.75. The topological polar surface area (TPSA) is 35.5 Å². The number of nitrogens with zero attached hydrogens (tertiary/aromatic N) is 1. The molecule has 2 atom stereocenters. The molecule has 0 bridgehead atoms. The number of likely N-dealkylation sites (tertiary alicyclic amines) is 1. The molecule has 0 amide bonds. The lowest BCUT2D eigenvalue weighted by molar-refractivity contribution is 0.0683. The summed E-state index contributed by atoms with van der Waals surface area (Å²) >= 11 is 0. The summed E-state index contributed by atoms with van der Waals surface area (Å²) in [6.45, 7) is 4.37. The van der Waals surface area contributed by atoms with E-state index in [2.05, 4.69) is 10.2 Å². The Morgan fingerprint density at radius 3 is 2.79 bits per heavy atom. The first-order chi connectivity index (χ1) is 9.02. The monoisotopic (exact) mass is 266 g/mol. The van der Waals surface area contributed by atoms with E-state index in [1.54, 1.807) is 6.07 Å². The molecule has 3 nitrogen and oxygen atoms in total. The van der Waals surface area contributed by atoms with Crippen LogP contribution in [0.5, 0.6) is 0 Å². The van der Waals surface area contributed by atoms with Gasteiger partial charge in [0, 0.05) is 31.2 Å². The molecule has 1 aromatic carbocycles. The van der Waals surface area contributed by atoms with Crippen LogP contribution in [0.2, 0.25) is 0 Å². The Hall–Kier alpha value is -0.970. The number of hydrogen-bond donors (Lipinski definition) is 2. The molecule has 19 heavy (non-hydrogen) atoms. The first kappa shape index (κ1) is 14.4. The maximum Gasteiger partial charge on any atom is 0.127 e. The first-order valence-electron chi connectivity index (χ1n) is 6.88. The van der Waals surface area contributed by atoms with Crippen LogP contribution in [0.25, 0.3) is 0 Å². The van der Waals surface area contributed by atoms with Gasteiger partial charge in [-0.25, -0.2) is 4.39 Å². The van der Waals surface area contributed by atoms with Gasteiger partial charge >= 0.3 is 0 Å². The van der Waals surface area contributed by atoms with E-state index in [0.717, 1.165) is 31.5 Å². The van der Waals surface area contributed by atoms with E-state index in [-0.39, 0.29) is 11.9 Å². The van der Waals surface area contributed by atoms with Crippen molar-refractivity contribution in [2.24, 2.45) is 0 Å². The highest BCUT2D eigenvalue weighted by molar-refractivity contribution is 5.21. The average Bonchev–Trinajstić information content (AvgIpc) is 2.72. The Morgan fingerprint density at radius 1 is 1.47 bits per heavy atom. The van der Waals surface area contributed by atoms with Crippen molar-refractivity contribution in [2.75, 3.05) is 26.7 Å². The van der Waals surface area contributed by atoms with Crippen molar-refractivity contribution >= 4 is 0 Å². The summed E-state index contributed by atoms with van der Waals surface area (Å²) in [6, 6.07) is 6.93. The zero-order valence-corrected chi connectivity index (χ0v) is 11.7. The van der Waals surface area contributed by atoms with Gasteiger partial charge in [-0.1, -0.05) is 18.2 Å². The van der Waals surface area contributed by atoms with Gasteiger partial charge in [0.25, 0.3) is 0 Å². The van der Waals surface area contributed by atoms with Crippen LogP contribution in [0.3, 0.4) is 0 Å². The Balaban J connectivity index is 1.92. The second kappa shape index (κ2) is 5.99. The van der Waals surface area contributed by atoms with Gasteiger partial charge in [0.05, 0.1) is 5.60 Å². The fraction of sp³-hybridized carbons (Fsp3) is 0.600. The molecule has 1 aliphatic rings. The molecule has 106 valence electrons. The van der Waals surface area contributed by atoms with E-state index in [0.29, 0.717) is 6.54 Å². The lowest BCUT2D eigenvalue weighted by Crippen LogP contribution is -2.32. The molecule has 1 saturated heterocycles. The second-order valence-electron chi connectivity index (χ2n) is 5.67. The minimum Gasteiger partial charge on any atom is -0.389 e. The number of hydrogen-bond acceptors (Lipinski definition) is 3. The quantitative estimate of drug-likeness (QED) is 0.855. The van der Waals surface area contributed by atoms with Gasteiger partial charge in [0.2, 0.25) is 0 Å². The summed E-state index contributed by atoms with van der Waals surface area (Å²) in [4.78, 5) is 2.24. The third-order valence-electron chi connectivity index (χ3n) is 3.89. The number of nitrogens with one attached hydrogen (secondary N) is 1. The van der Waals surface area contributed by atoms with Crippen LogP contribution in [0, 0.1) is 5.82 Å². The third kappa shape index (κ3) is 3.75. The molecule has 1 heterocycles. The third-order valence-corrected chi connectivity index (χ3v) is 3.89. The lowest BCUT2D eigenvalue weighted by Gasteiger charge is -2.22. The van der Waals surface area contributed by atoms with Crippen molar-refractivity contribution in [3.8, 4) is 0 Å². The summed E-state index contributed by atoms with van der Waals surface area (Å²) in [5.74, 6) is -0.157. The van der Waals surface area contributed by atoms with E-state index < -0.39 is 5.60 Å². The van der Waals surface area contributed by atoms with Crippen LogP contribution in [-0.4, -0.2) is 42.3 Å². The molecule has 0 aromatic heterocycles. The Kier molecular flexibility index (Phi) is 4.55. The average molecular weight is 266 g/mol. The van der Waals surface area contributed by atoms with E-state index >= 15 is 0 Å². The van der Waals surface area contributed by atoms with Crippen molar-refractivity contribution in [3.63, 3.8) is 0 Å². The number of halogens is 1. The molecule has 1 aliphatic heterocycles. The minimum absolute atomic E-state index is 0.0201. The number of rotatable bonds is 5. The van der Waals surface area contributed by atoms with Gasteiger partial charge in [0.15, 0.2) is 0 Å². The molecule has 0 radical (unpaired) electrons. The molecule has 2 N–H and O–H groups in total. The lowest BCUT2D eigenvalue weighted by atomic mass is 10.0.